The highest BCUT2D eigenvalue weighted by atomic mass is 16.2. The molecule has 1 N–H and O–H groups in total. The minimum atomic E-state index is 0.276. The molecule has 2 aliphatic rings. The van der Waals surface area contributed by atoms with Crippen molar-refractivity contribution in [2.24, 2.45) is 0 Å². The zero-order chi connectivity index (χ0) is 15.4. The van der Waals surface area contributed by atoms with Crippen LogP contribution in [0.15, 0.2) is 24.3 Å². The summed E-state index contributed by atoms with van der Waals surface area (Å²) in [4.78, 5) is 16.5. The molecule has 0 saturated carbocycles. The summed E-state index contributed by atoms with van der Waals surface area (Å²) in [5.74, 6) is 0.276. The Balaban J connectivity index is 1.41. The molecular weight excluding hydrogens is 274 g/mol. The number of nitrogens with one attached hydrogen (secondary N) is 1. The monoisotopic (exact) mass is 301 g/mol. The Hall–Kier alpha value is -1.55. The first kappa shape index (κ1) is 15.3. The van der Waals surface area contributed by atoms with E-state index < -0.39 is 0 Å². The average Bonchev–Trinajstić information content (AvgIpc) is 3.08. The van der Waals surface area contributed by atoms with Crippen molar-refractivity contribution in [3.05, 3.63) is 29.8 Å². The van der Waals surface area contributed by atoms with E-state index in [-0.39, 0.29) is 5.91 Å². The standard InChI is InChI=1S/C18H27N3O/c1-15-4-6-17(7-5-15)20-12-8-16(9-13-20)19-14-18(22)21-10-2-3-11-21/h4-7,16,19H,2-3,8-14H2,1H3. The van der Waals surface area contributed by atoms with Crippen molar-refractivity contribution in [2.75, 3.05) is 37.6 Å². The van der Waals surface area contributed by atoms with Crippen LogP contribution in [-0.4, -0.2) is 49.6 Å². The summed E-state index contributed by atoms with van der Waals surface area (Å²) >= 11 is 0. The van der Waals surface area contributed by atoms with Gasteiger partial charge in [0.15, 0.2) is 0 Å². The van der Waals surface area contributed by atoms with E-state index in [0.717, 1.165) is 39.0 Å². The second-order valence-electron chi connectivity index (χ2n) is 6.57. The van der Waals surface area contributed by atoms with Gasteiger partial charge in [0.05, 0.1) is 6.54 Å². The van der Waals surface area contributed by atoms with Crippen LogP contribution < -0.4 is 10.2 Å². The van der Waals surface area contributed by atoms with Gasteiger partial charge < -0.3 is 15.1 Å². The maximum Gasteiger partial charge on any atom is 0.236 e. The molecule has 3 rings (SSSR count). The van der Waals surface area contributed by atoms with Gasteiger partial charge in [0.1, 0.15) is 0 Å². The van der Waals surface area contributed by atoms with Crippen LogP contribution in [0.5, 0.6) is 0 Å². The lowest BCUT2D eigenvalue weighted by Crippen LogP contribution is -2.46. The third kappa shape index (κ3) is 3.80. The molecule has 2 saturated heterocycles. The summed E-state index contributed by atoms with van der Waals surface area (Å²) < 4.78 is 0. The minimum absolute atomic E-state index is 0.276. The van der Waals surface area contributed by atoms with Crippen LogP contribution in [0.4, 0.5) is 5.69 Å². The Morgan fingerprint density at radius 1 is 1.09 bits per heavy atom. The van der Waals surface area contributed by atoms with Gasteiger partial charge in [-0.3, -0.25) is 4.79 Å². The second-order valence-corrected chi connectivity index (χ2v) is 6.57. The second kappa shape index (κ2) is 7.14. The number of carbonyl (C=O) groups is 1. The highest BCUT2D eigenvalue weighted by molar-refractivity contribution is 5.78. The molecule has 2 aliphatic heterocycles. The topological polar surface area (TPSA) is 35.6 Å². The van der Waals surface area contributed by atoms with Crippen molar-refractivity contribution < 1.29 is 4.79 Å². The molecule has 1 amide bonds. The van der Waals surface area contributed by atoms with E-state index in [0.29, 0.717) is 12.6 Å². The third-order valence-corrected chi connectivity index (χ3v) is 4.89. The Bertz CT molecular complexity index is 486. The van der Waals surface area contributed by atoms with Crippen LogP contribution in [-0.2, 0) is 4.79 Å². The molecule has 0 radical (unpaired) electrons. The van der Waals surface area contributed by atoms with Crippen molar-refractivity contribution in [3.63, 3.8) is 0 Å². The van der Waals surface area contributed by atoms with Gasteiger partial charge in [-0.05, 0) is 44.7 Å². The molecule has 0 unspecified atom stereocenters. The first-order valence-electron chi connectivity index (χ1n) is 8.55. The predicted molar refractivity (Wildman–Crippen MR) is 90.2 cm³/mol. The van der Waals surface area contributed by atoms with Crippen LogP contribution in [0.3, 0.4) is 0 Å². The highest BCUT2D eigenvalue weighted by Gasteiger charge is 2.22. The Labute approximate surface area is 133 Å². The minimum Gasteiger partial charge on any atom is -0.371 e. The molecule has 0 aliphatic carbocycles. The summed E-state index contributed by atoms with van der Waals surface area (Å²) in [7, 11) is 0. The predicted octanol–water partition coefficient (Wildman–Crippen LogP) is 2.18. The van der Waals surface area contributed by atoms with Crippen molar-refractivity contribution in [1.29, 1.82) is 0 Å². The number of piperidine rings is 1. The smallest absolute Gasteiger partial charge is 0.236 e. The fourth-order valence-electron chi connectivity index (χ4n) is 3.41. The van der Waals surface area contributed by atoms with Crippen molar-refractivity contribution in [3.8, 4) is 0 Å². The van der Waals surface area contributed by atoms with Gasteiger partial charge in [0, 0.05) is 37.9 Å². The molecule has 1 aromatic rings. The van der Waals surface area contributed by atoms with Crippen LogP contribution in [0.25, 0.3) is 0 Å². The first-order valence-corrected chi connectivity index (χ1v) is 8.55. The maximum atomic E-state index is 12.1. The van der Waals surface area contributed by atoms with Gasteiger partial charge >= 0.3 is 0 Å². The molecule has 2 heterocycles. The summed E-state index contributed by atoms with van der Waals surface area (Å²) in [6, 6.07) is 9.25. The molecule has 0 spiro atoms. The van der Waals surface area contributed by atoms with Crippen LogP contribution in [0.2, 0.25) is 0 Å². The molecule has 22 heavy (non-hydrogen) atoms. The molecule has 1 aromatic carbocycles. The number of carbonyl (C=O) groups excluding carboxylic acids is 1. The molecular formula is C18H27N3O. The Morgan fingerprint density at radius 3 is 2.36 bits per heavy atom. The molecule has 2 fully saturated rings. The van der Waals surface area contributed by atoms with Crippen LogP contribution in [0, 0.1) is 6.92 Å². The lowest BCUT2D eigenvalue weighted by atomic mass is 10.0. The fraction of sp³-hybridized carbons (Fsp3) is 0.611. The number of rotatable bonds is 4. The largest absolute Gasteiger partial charge is 0.371 e. The number of likely N-dealkylation sites (tertiary alicyclic amines) is 1. The number of hydrogen-bond donors (Lipinski definition) is 1. The molecule has 0 bridgehead atoms. The third-order valence-electron chi connectivity index (χ3n) is 4.89. The van der Waals surface area contributed by atoms with Crippen LogP contribution >= 0.6 is 0 Å². The highest BCUT2D eigenvalue weighted by Crippen LogP contribution is 2.20. The number of anilines is 1. The Kier molecular flexibility index (Phi) is 4.98. The number of amides is 1. The molecule has 4 nitrogen and oxygen atoms in total. The van der Waals surface area contributed by atoms with Gasteiger partial charge in [-0.1, -0.05) is 17.7 Å². The van der Waals surface area contributed by atoms with Crippen molar-refractivity contribution >= 4 is 11.6 Å². The lowest BCUT2D eigenvalue weighted by molar-refractivity contribution is -0.129. The molecule has 4 heteroatoms. The van der Waals surface area contributed by atoms with Gasteiger partial charge in [-0.15, -0.1) is 0 Å². The zero-order valence-corrected chi connectivity index (χ0v) is 13.6. The number of aryl methyl sites for hydroxylation is 1. The molecule has 120 valence electrons. The molecule has 0 atom stereocenters. The van der Waals surface area contributed by atoms with E-state index >= 15 is 0 Å². The van der Waals surface area contributed by atoms with Crippen molar-refractivity contribution in [2.45, 2.75) is 38.6 Å². The summed E-state index contributed by atoms with van der Waals surface area (Å²) in [6.45, 7) is 6.67. The average molecular weight is 301 g/mol. The Morgan fingerprint density at radius 2 is 1.73 bits per heavy atom. The number of benzene rings is 1. The SMILES string of the molecule is Cc1ccc(N2CCC(NCC(=O)N3CCCC3)CC2)cc1. The first-order chi connectivity index (χ1) is 10.7. The number of hydrogen-bond acceptors (Lipinski definition) is 3. The van der Waals surface area contributed by atoms with E-state index in [1.807, 2.05) is 4.90 Å². The van der Waals surface area contributed by atoms with E-state index in [1.165, 1.54) is 24.1 Å². The number of nitrogens with zero attached hydrogens (tertiary/aromatic N) is 2. The summed E-state index contributed by atoms with van der Waals surface area (Å²) in [5, 5.41) is 3.46. The van der Waals surface area contributed by atoms with Gasteiger partial charge in [-0.25, -0.2) is 0 Å². The van der Waals surface area contributed by atoms with Gasteiger partial charge in [0.2, 0.25) is 5.91 Å². The van der Waals surface area contributed by atoms with E-state index in [2.05, 4.69) is 41.4 Å². The maximum absolute atomic E-state index is 12.1. The quantitative estimate of drug-likeness (QED) is 0.926. The molecule has 0 aromatic heterocycles. The van der Waals surface area contributed by atoms with E-state index in [1.54, 1.807) is 0 Å². The fourth-order valence-corrected chi connectivity index (χ4v) is 3.41. The normalized spacial score (nSPS) is 19.7. The van der Waals surface area contributed by atoms with Crippen molar-refractivity contribution in [1.82, 2.24) is 10.2 Å². The van der Waals surface area contributed by atoms with E-state index in [9.17, 15) is 4.79 Å². The zero-order valence-electron chi connectivity index (χ0n) is 13.6. The summed E-state index contributed by atoms with van der Waals surface area (Å²) in [6.07, 6.45) is 4.56. The van der Waals surface area contributed by atoms with E-state index in [4.69, 9.17) is 0 Å². The van der Waals surface area contributed by atoms with Gasteiger partial charge in [-0.2, -0.15) is 0 Å². The van der Waals surface area contributed by atoms with Gasteiger partial charge in [0.25, 0.3) is 0 Å². The van der Waals surface area contributed by atoms with Crippen LogP contribution in [0.1, 0.15) is 31.2 Å². The lowest BCUT2D eigenvalue weighted by Gasteiger charge is -2.34. The summed E-state index contributed by atoms with van der Waals surface area (Å²) in [5.41, 5.74) is 2.62.